The van der Waals surface area contributed by atoms with Crippen molar-refractivity contribution in [2.24, 2.45) is 5.73 Å². The first-order valence-corrected chi connectivity index (χ1v) is 9.12. The monoisotopic (exact) mass is 333 g/mol. The fraction of sp³-hybridized carbons (Fsp3) is 0.632. The highest BCUT2D eigenvalue weighted by Crippen LogP contribution is 2.32. The minimum absolute atomic E-state index is 0.434. The fourth-order valence-corrected chi connectivity index (χ4v) is 3.63. The van der Waals surface area contributed by atoms with E-state index in [2.05, 4.69) is 30.1 Å². The van der Waals surface area contributed by atoms with E-state index in [4.69, 9.17) is 10.5 Å². The first kappa shape index (κ1) is 18.6. The molecule has 0 saturated carbocycles. The van der Waals surface area contributed by atoms with Crippen molar-refractivity contribution in [2.75, 3.05) is 13.1 Å². The Kier molecular flexibility index (Phi) is 6.91. The number of carbonyl (C=O) groups excluding carboxylic acids is 1. The molecule has 134 valence electrons. The van der Waals surface area contributed by atoms with Crippen LogP contribution in [0.2, 0.25) is 0 Å². The number of nitrogens with one attached hydrogen (secondary N) is 1. The van der Waals surface area contributed by atoms with E-state index in [9.17, 15) is 4.79 Å². The molecule has 0 heterocycles. The fourth-order valence-electron chi connectivity index (χ4n) is 3.63. The number of nitrogens with two attached hydrogens (primary N) is 1. The summed E-state index contributed by atoms with van der Waals surface area (Å²) >= 11 is 0. The van der Waals surface area contributed by atoms with Crippen molar-refractivity contribution in [3.8, 4) is 5.75 Å². The lowest BCUT2D eigenvalue weighted by Gasteiger charge is -2.35. The number of rotatable bonds is 8. The summed E-state index contributed by atoms with van der Waals surface area (Å²) in [6.45, 7) is 8.58. The number of nitrogens with zero attached hydrogens (tertiary/aromatic N) is 1. The molecule has 0 aliphatic heterocycles. The van der Waals surface area contributed by atoms with Crippen molar-refractivity contribution < 1.29 is 9.53 Å². The SMILES string of the molecule is CCCN(CCC)C1CCc2cccc(OC(C)NC(N)=O)c2C1. The number of amides is 2. The average molecular weight is 333 g/mol. The smallest absolute Gasteiger partial charge is 0.314 e. The average Bonchev–Trinajstić information content (AvgIpc) is 2.54. The number of hydrogen-bond acceptors (Lipinski definition) is 3. The zero-order valence-electron chi connectivity index (χ0n) is 15.2. The molecule has 3 N–H and O–H groups in total. The highest BCUT2D eigenvalue weighted by atomic mass is 16.5. The van der Waals surface area contributed by atoms with Gasteiger partial charge in [0.05, 0.1) is 0 Å². The van der Waals surface area contributed by atoms with Gasteiger partial charge in [0.25, 0.3) is 0 Å². The van der Waals surface area contributed by atoms with Crippen LogP contribution in [0.1, 0.15) is 51.2 Å². The molecule has 2 rings (SSSR count). The second-order valence-electron chi connectivity index (χ2n) is 6.60. The first-order chi connectivity index (χ1) is 11.5. The number of hydrogen-bond donors (Lipinski definition) is 2. The zero-order valence-corrected chi connectivity index (χ0v) is 15.2. The number of ether oxygens (including phenoxy) is 1. The number of aryl methyl sites for hydroxylation is 1. The quantitative estimate of drug-likeness (QED) is 0.719. The van der Waals surface area contributed by atoms with Gasteiger partial charge in [-0.3, -0.25) is 0 Å². The predicted molar refractivity (Wildman–Crippen MR) is 97.2 cm³/mol. The van der Waals surface area contributed by atoms with Gasteiger partial charge in [-0.15, -0.1) is 0 Å². The van der Waals surface area contributed by atoms with Crippen molar-refractivity contribution in [3.05, 3.63) is 29.3 Å². The maximum absolute atomic E-state index is 11.0. The van der Waals surface area contributed by atoms with E-state index in [0.29, 0.717) is 6.04 Å². The Morgan fingerprint density at radius 3 is 2.71 bits per heavy atom. The molecule has 5 nitrogen and oxygen atoms in total. The molecule has 0 spiro atoms. The van der Waals surface area contributed by atoms with Crippen LogP contribution in [0.25, 0.3) is 0 Å². The number of carbonyl (C=O) groups is 1. The lowest BCUT2D eigenvalue weighted by molar-refractivity contribution is 0.166. The molecule has 0 radical (unpaired) electrons. The van der Waals surface area contributed by atoms with Crippen molar-refractivity contribution in [1.29, 1.82) is 0 Å². The second-order valence-corrected chi connectivity index (χ2v) is 6.60. The van der Waals surface area contributed by atoms with E-state index in [1.807, 2.05) is 12.1 Å². The van der Waals surface area contributed by atoms with Crippen LogP contribution < -0.4 is 15.8 Å². The van der Waals surface area contributed by atoms with E-state index in [-0.39, 0.29) is 0 Å². The third-order valence-corrected chi connectivity index (χ3v) is 4.60. The van der Waals surface area contributed by atoms with E-state index in [1.54, 1.807) is 6.92 Å². The topological polar surface area (TPSA) is 67.6 Å². The van der Waals surface area contributed by atoms with Crippen LogP contribution in [0, 0.1) is 0 Å². The third-order valence-electron chi connectivity index (χ3n) is 4.60. The van der Waals surface area contributed by atoms with Gasteiger partial charge in [0.2, 0.25) is 0 Å². The van der Waals surface area contributed by atoms with E-state index < -0.39 is 12.3 Å². The summed E-state index contributed by atoms with van der Waals surface area (Å²) in [5.74, 6) is 0.867. The normalized spacial score (nSPS) is 18.1. The van der Waals surface area contributed by atoms with Gasteiger partial charge >= 0.3 is 6.03 Å². The molecule has 0 fully saturated rings. The van der Waals surface area contributed by atoms with E-state index >= 15 is 0 Å². The summed E-state index contributed by atoms with van der Waals surface area (Å²) in [4.78, 5) is 13.6. The summed E-state index contributed by atoms with van der Waals surface area (Å²) in [5.41, 5.74) is 7.82. The van der Waals surface area contributed by atoms with Crippen LogP contribution in [0.3, 0.4) is 0 Å². The van der Waals surface area contributed by atoms with Crippen LogP contribution in [0.5, 0.6) is 5.75 Å². The number of benzene rings is 1. The Morgan fingerprint density at radius 1 is 1.38 bits per heavy atom. The van der Waals surface area contributed by atoms with Crippen LogP contribution in [-0.2, 0) is 12.8 Å². The summed E-state index contributed by atoms with van der Waals surface area (Å²) in [5, 5.41) is 2.58. The summed E-state index contributed by atoms with van der Waals surface area (Å²) in [7, 11) is 0. The zero-order chi connectivity index (χ0) is 17.5. The van der Waals surface area contributed by atoms with Crippen molar-refractivity contribution >= 4 is 6.03 Å². The Bertz CT molecular complexity index is 541. The first-order valence-electron chi connectivity index (χ1n) is 9.12. The molecule has 2 atom stereocenters. The van der Waals surface area contributed by atoms with Crippen LogP contribution >= 0.6 is 0 Å². The molecule has 2 unspecified atom stereocenters. The summed E-state index contributed by atoms with van der Waals surface area (Å²) < 4.78 is 5.94. The van der Waals surface area contributed by atoms with Crippen molar-refractivity contribution in [3.63, 3.8) is 0 Å². The van der Waals surface area contributed by atoms with Gasteiger partial charge in [-0.25, -0.2) is 4.79 Å². The van der Waals surface area contributed by atoms with Gasteiger partial charge in [-0.05, 0) is 69.3 Å². The highest BCUT2D eigenvalue weighted by molar-refractivity contribution is 5.71. The Labute approximate surface area is 145 Å². The molecule has 1 aromatic rings. The minimum Gasteiger partial charge on any atom is -0.471 e. The third kappa shape index (κ3) is 4.87. The molecule has 1 aromatic carbocycles. The van der Waals surface area contributed by atoms with Gasteiger partial charge < -0.3 is 20.7 Å². The Balaban J connectivity index is 2.14. The highest BCUT2D eigenvalue weighted by Gasteiger charge is 2.26. The molecular weight excluding hydrogens is 302 g/mol. The van der Waals surface area contributed by atoms with Crippen LogP contribution in [0.4, 0.5) is 4.79 Å². The minimum atomic E-state index is -0.567. The van der Waals surface area contributed by atoms with Crippen molar-refractivity contribution in [1.82, 2.24) is 10.2 Å². The van der Waals surface area contributed by atoms with E-state index in [0.717, 1.165) is 31.7 Å². The molecule has 0 saturated heterocycles. The van der Waals surface area contributed by atoms with Crippen LogP contribution in [-0.4, -0.2) is 36.3 Å². The molecule has 24 heavy (non-hydrogen) atoms. The maximum atomic E-state index is 11.0. The molecule has 5 heteroatoms. The molecule has 1 aliphatic carbocycles. The van der Waals surface area contributed by atoms with Gasteiger partial charge in [0.1, 0.15) is 5.75 Å². The standard InChI is InChI=1S/C19H31N3O2/c1-4-11-22(12-5-2)16-10-9-15-7-6-8-18(17(15)13-16)24-14(3)21-19(20)23/h6-8,14,16H,4-5,9-13H2,1-3H3,(H3,20,21,23). The molecule has 1 aliphatic rings. The predicted octanol–water partition coefficient (Wildman–Crippen LogP) is 3.06. The van der Waals surface area contributed by atoms with Crippen molar-refractivity contribution in [2.45, 2.75) is 65.1 Å². The summed E-state index contributed by atoms with van der Waals surface area (Å²) in [6.07, 6.45) is 5.22. The molecular formula is C19H31N3O2. The largest absolute Gasteiger partial charge is 0.471 e. The second kappa shape index (κ2) is 8.92. The van der Waals surface area contributed by atoms with Gasteiger partial charge in [0.15, 0.2) is 6.23 Å². The van der Waals surface area contributed by atoms with Crippen LogP contribution in [0.15, 0.2) is 18.2 Å². The van der Waals surface area contributed by atoms with Gasteiger partial charge in [0, 0.05) is 6.04 Å². The Hall–Kier alpha value is -1.75. The molecule has 0 bridgehead atoms. The lowest BCUT2D eigenvalue weighted by Crippen LogP contribution is -2.41. The Morgan fingerprint density at radius 2 is 2.08 bits per heavy atom. The number of urea groups is 1. The van der Waals surface area contributed by atoms with Gasteiger partial charge in [-0.2, -0.15) is 0 Å². The summed E-state index contributed by atoms with van der Waals surface area (Å²) in [6, 6.07) is 6.21. The molecule has 2 amide bonds. The van der Waals surface area contributed by atoms with Gasteiger partial charge in [-0.1, -0.05) is 26.0 Å². The number of fused-ring (bicyclic) bond motifs is 1. The maximum Gasteiger partial charge on any atom is 0.314 e. The molecule has 0 aromatic heterocycles. The number of primary amides is 1. The van der Waals surface area contributed by atoms with E-state index in [1.165, 1.54) is 30.4 Å². The lowest BCUT2D eigenvalue weighted by atomic mass is 9.86.